The Bertz CT molecular complexity index is 756. The molecule has 0 unspecified atom stereocenters. The van der Waals surface area contributed by atoms with Crippen LogP contribution in [-0.2, 0) is 20.7 Å². The zero-order valence-electron chi connectivity index (χ0n) is 13.3. The zero-order valence-corrected chi connectivity index (χ0v) is 13.3. The first kappa shape index (κ1) is 17.4. The van der Waals surface area contributed by atoms with E-state index in [0.29, 0.717) is 11.3 Å². The fourth-order valence-electron chi connectivity index (χ4n) is 2.10. The largest absolute Gasteiger partial charge is 0.452 e. The molecule has 0 bridgehead atoms. The Hall–Kier alpha value is -2.95. The molecule has 0 aliphatic heterocycles. The van der Waals surface area contributed by atoms with E-state index in [9.17, 15) is 14.0 Å². The Morgan fingerprint density at radius 2 is 1.96 bits per heavy atom. The summed E-state index contributed by atoms with van der Waals surface area (Å²) in [4.78, 5) is 23.4. The van der Waals surface area contributed by atoms with Crippen LogP contribution in [0, 0.1) is 5.82 Å². The maximum absolute atomic E-state index is 13.0. The molecule has 124 valence electrons. The van der Waals surface area contributed by atoms with Crippen LogP contribution in [0.3, 0.4) is 0 Å². The van der Waals surface area contributed by atoms with Gasteiger partial charge in [-0.1, -0.05) is 37.3 Å². The van der Waals surface area contributed by atoms with Gasteiger partial charge >= 0.3 is 5.97 Å². The number of ether oxygens (including phenoxy) is 1. The van der Waals surface area contributed by atoms with Gasteiger partial charge < -0.3 is 10.1 Å². The fourth-order valence-corrected chi connectivity index (χ4v) is 2.10. The van der Waals surface area contributed by atoms with Crippen LogP contribution in [0.5, 0.6) is 0 Å². The van der Waals surface area contributed by atoms with Gasteiger partial charge in [-0.15, -0.1) is 0 Å². The average molecular weight is 327 g/mol. The van der Waals surface area contributed by atoms with Gasteiger partial charge in [0.15, 0.2) is 6.61 Å². The molecule has 0 aliphatic carbocycles. The van der Waals surface area contributed by atoms with E-state index in [-0.39, 0.29) is 12.4 Å². The molecule has 2 aromatic rings. The van der Waals surface area contributed by atoms with E-state index in [0.717, 1.165) is 18.1 Å². The molecule has 0 saturated heterocycles. The van der Waals surface area contributed by atoms with E-state index >= 15 is 0 Å². The smallest absolute Gasteiger partial charge is 0.331 e. The molecule has 0 spiro atoms. The molecule has 0 fully saturated rings. The Kier molecular flexibility index (Phi) is 6.25. The summed E-state index contributed by atoms with van der Waals surface area (Å²) >= 11 is 0. The molecular formula is C19H18FNO3. The minimum atomic E-state index is -0.668. The number of rotatable bonds is 6. The van der Waals surface area contributed by atoms with Gasteiger partial charge in [0.05, 0.1) is 0 Å². The first-order valence-corrected chi connectivity index (χ1v) is 7.56. The minimum absolute atomic E-state index is 0.385. The van der Waals surface area contributed by atoms with Crippen LogP contribution < -0.4 is 5.32 Å². The van der Waals surface area contributed by atoms with Crippen LogP contribution in [0.1, 0.15) is 18.1 Å². The van der Waals surface area contributed by atoms with Crippen LogP contribution >= 0.6 is 0 Å². The van der Waals surface area contributed by atoms with E-state index in [1.165, 1.54) is 18.2 Å². The van der Waals surface area contributed by atoms with E-state index in [2.05, 4.69) is 5.32 Å². The normalized spacial score (nSPS) is 10.6. The third-order valence-corrected chi connectivity index (χ3v) is 3.28. The van der Waals surface area contributed by atoms with Crippen molar-refractivity contribution in [2.75, 3.05) is 11.9 Å². The number of benzene rings is 2. The molecule has 1 N–H and O–H groups in total. The van der Waals surface area contributed by atoms with Gasteiger partial charge in [0.25, 0.3) is 5.91 Å². The van der Waals surface area contributed by atoms with Crippen LogP contribution in [0.25, 0.3) is 6.08 Å². The summed E-state index contributed by atoms with van der Waals surface area (Å²) in [7, 11) is 0. The number of nitrogens with one attached hydrogen (secondary N) is 1. The molecule has 2 rings (SSSR count). The van der Waals surface area contributed by atoms with Gasteiger partial charge in [0, 0.05) is 11.8 Å². The first-order valence-electron chi connectivity index (χ1n) is 7.56. The molecule has 0 heterocycles. The van der Waals surface area contributed by atoms with Crippen LogP contribution in [0.4, 0.5) is 10.1 Å². The Balaban J connectivity index is 1.84. The average Bonchev–Trinajstić information content (AvgIpc) is 2.58. The molecule has 0 atom stereocenters. The fraction of sp³-hybridized carbons (Fsp3) is 0.158. The summed E-state index contributed by atoms with van der Waals surface area (Å²) in [6, 6.07) is 13.2. The SMILES string of the molecule is CCc1ccccc1NC(=O)COC(=O)/C=C/c1cccc(F)c1. The van der Waals surface area contributed by atoms with Crippen molar-refractivity contribution in [3.8, 4) is 0 Å². The van der Waals surface area contributed by atoms with E-state index in [1.54, 1.807) is 18.2 Å². The number of hydrogen-bond acceptors (Lipinski definition) is 3. The molecule has 0 saturated carbocycles. The number of amides is 1. The van der Waals surface area contributed by atoms with Gasteiger partial charge in [-0.05, 0) is 41.8 Å². The lowest BCUT2D eigenvalue weighted by Crippen LogP contribution is -2.20. The number of halogens is 1. The monoisotopic (exact) mass is 327 g/mol. The molecule has 4 nitrogen and oxygen atoms in total. The minimum Gasteiger partial charge on any atom is -0.452 e. The third kappa shape index (κ3) is 5.35. The van der Waals surface area contributed by atoms with Crippen molar-refractivity contribution in [3.05, 3.63) is 71.6 Å². The lowest BCUT2D eigenvalue weighted by molar-refractivity contribution is -0.142. The molecule has 24 heavy (non-hydrogen) atoms. The van der Waals surface area contributed by atoms with E-state index in [4.69, 9.17) is 4.74 Å². The molecule has 0 aliphatic rings. The number of carbonyl (C=O) groups excluding carboxylic acids is 2. The summed E-state index contributed by atoms with van der Waals surface area (Å²) in [6.45, 7) is 1.60. The lowest BCUT2D eigenvalue weighted by Gasteiger charge is -2.09. The number of aryl methyl sites for hydroxylation is 1. The topological polar surface area (TPSA) is 55.4 Å². The third-order valence-electron chi connectivity index (χ3n) is 3.28. The van der Waals surface area contributed by atoms with Crippen molar-refractivity contribution in [3.63, 3.8) is 0 Å². The second kappa shape index (κ2) is 8.62. The summed E-state index contributed by atoms with van der Waals surface area (Å²) < 4.78 is 17.9. The molecular weight excluding hydrogens is 309 g/mol. The highest BCUT2D eigenvalue weighted by Gasteiger charge is 2.07. The summed E-state index contributed by atoms with van der Waals surface area (Å²) in [6.07, 6.45) is 3.37. The van der Waals surface area contributed by atoms with E-state index in [1.807, 2.05) is 25.1 Å². The standard InChI is InChI=1S/C19H18FNO3/c1-2-15-7-3-4-9-17(15)21-18(22)13-24-19(23)11-10-14-6-5-8-16(20)12-14/h3-12H,2,13H2,1H3,(H,21,22)/b11-10+. The number of para-hydroxylation sites is 1. The maximum atomic E-state index is 13.0. The summed E-state index contributed by atoms with van der Waals surface area (Å²) in [5.74, 6) is -1.47. The van der Waals surface area contributed by atoms with Gasteiger partial charge in [0.1, 0.15) is 5.82 Å². The van der Waals surface area contributed by atoms with Crippen LogP contribution in [-0.4, -0.2) is 18.5 Å². The van der Waals surface area contributed by atoms with Gasteiger partial charge in [0.2, 0.25) is 0 Å². The van der Waals surface area contributed by atoms with Crippen molar-refractivity contribution in [2.24, 2.45) is 0 Å². The predicted octanol–water partition coefficient (Wildman–Crippen LogP) is 3.58. The van der Waals surface area contributed by atoms with Crippen molar-refractivity contribution in [1.82, 2.24) is 0 Å². The molecule has 5 heteroatoms. The highest BCUT2D eigenvalue weighted by atomic mass is 19.1. The number of esters is 1. The predicted molar refractivity (Wildman–Crippen MR) is 90.8 cm³/mol. The zero-order chi connectivity index (χ0) is 17.4. The molecule has 0 aromatic heterocycles. The Morgan fingerprint density at radius 3 is 2.71 bits per heavy atom. The summed E-state index contributed by atoms with van der Waals surface area (Å²) in [5, 5.41) is 2.71. The molecule has 2 aromatic carbocycles. The van der Waals surface area contributed by atoms with Crippen LogP contribution in [0.2, 0.25) is 0 Å². The molecule has 1 amide bonds. The lowest BCUT2D eigenvalue weighted by atomic mass is 10.1. The van der Waals surface area contributed by atoms with Crippen molar-refractivity contribution in [1.29, 1.82) is 0 Å². The van der Waals surface area contributed by atoms with Crippen molar-refractivity contribution in [2.45, 2.75) is 13.3 Å². The quantitative estimate of drug-likeness (QED) is 0.652. The first-order chi connectivity index (χ1) is 11.6. The Morgan fingerprint density at radius 1 is 1.17 bits per heavy atom. The van der Waals surface area contributed by atoms with Crippen molar-refractivity contribution < 1.29 is 18.7 Å². The van der Waals surface area contributed by atoms with Crippen LogP contribution in [0.15, 0.2) is 54.6 Å². The van der Waals surface area contributed by atoms with E-state index < -0.39 is 11.9 Å². The second-order valence-corrected chi connectivity index (χ2v) is 5.05. The van der Waals surface area contributed by atoms with Gasteiger partial charge in [-0.2, -0.15) is 0 Å². The Labute approximate surface area is 140 Å². The summed E-state index contributed by atoms with van der Waals surface area (Å²) in [5.41, 5.74) is 2.24. The highest BCUT2D eigenvalue weighted by Crippen LogP contribution is 2.15. The molecule has 0 radical (unpaired) electrons. The number of hydrogen-bond donors (Lipinski definition) is 1. The van der Waals surface area contributed by atoms with Gasteiger partial charge in [-0.3, -0.25) is 4.79 Å². The number of anilines is 1. The maximum Gasteiger partial charge on any atom is 0.331 e. The van der Waals surface area contributed by atoms with Crippen molar-refractivity contribution >= 4 is 23.6 Å². The highest BCUT2D eigenvalue weighted by molar-refractivity contribution is 5.95. The second-order valence-electron chi connectivity index (χ2n) is 5.05. The van der Waals surface area contributed by atoms with Gasteiger partial charge in [-0.25, -0.2) is 9.18 Å². The number of carbonyl (C=O) groups is 2.